The number of H-pyrrole nitrogens is 1. The highest BCUT2D eigenvalue weighted by atomic mass is 32.2. The molecule has 0 spiro atoms. The van der Waals surface area contributed by atoms with Crippen molar-refractivity contribution in [3.05, 3.63) is 69.8 Å². The van der Waals surface area contributed by atoms with Gasteiger partial charge >= 0.3 is 0 Å². The standard InChI is InChI=1S/C16H14N4O2S/c1-11-6-8-12(9-7-11)15-17-16(19-18-15)23-10-13-4-2-3-5-14(13)20(21)22/h2-9H,10H2,1H3,(H,17,18,19). The molecule has 0 radical (unpaired) electrons. The molecule has 1 aromatic heterocycles. The molecule has 6 nitrogen and oxygen atoms in total. The fourth-order valence-corrected chi connectivity index (χ4v) is 2.90. The summed E-state index contributed by atoms with van der Waals surface area (Å²) in [6, 6.07) is 14.7. The number of aromatic amines is 1. The van der Waals surface area contributed by atoms with E-state index in [0.717, 1.165) is 5.56 Å². The lowest BCUT2D eigenvalue weighted by Crippen LogP contribution is -1.93. The molecule has 1 N–H and O–H groups in total. The van der Waals surface area contributed by atoms with Gasteiger partial charge in [0.25, 0.3) is 5.69 Å². The second-order valence-corrected chi connectivity index (χ2v) is 5.95. The first-order valence-corrected chi connectivity index (χ1v) is 7.96. The minimum absolute atomic E-state index is 0.120. The number of aromatic nitrogens is 3. The Morgan fingerprint density at radius 2 is 1.91 bits per heavy atom. The molecule has 0 aliphatic rings. The van der Waals surface area contributed by atoms with Crippen LogP contribution in [-0.2, 0) is 5.75 Å². The number of nitrogens with one attached hydrogen (secondary N) is 1. The molecule has 116 valence electrons. The molecule has 3 rings (SSSR count). The molecule has 2 aromatic carbocycles. The Labute approximate surface area is 137 Å². The molecular formula is C16H14N4O2S. The normalized spacial score (nSPS) is 10.7. The largest absolute Gasteiger partial charge is 0.273 e. The highest BCUT2D eigenvalue weighted by Gasteiger charge is 2.14. The Hall–Kier alpha value is -2.67. The number of nitrogens with zero attached hydrogens (tertiary/aromatic N) is 3. The Bertz CT molecular complexity index is 830. The van der Waals surface area contributed by atoms with Crippen molar-refractivity contribution in [2.75, 3.05) is 0 Å². The SMILES string of the molecule is Cc1ccc(-c2nc(SCc3ccccc3[N+](=O)[O-])n[nH]2)cc1. The third-order valence-electron chi connectivity index (χ3n) is 3.33. The van der Waals surface area contributed by atoms with Crippen molar-refractivity contribution in [1.29, 1.82) is 0 Å². The number of hydrogen-bond donors (Lipinski definition) is 1. The van der Waals surface area contributed by atoms with Crippen molar-refractivity contribution in [1.82, 2.24) is 15.2 Å². The van der Waals surface area contributed by atoms with Crippen molar-refractivity contribution < 1.29 is 4.92 Å². The number of nitro groups is 1. The molecule has 3 aromatic rings. The first-order chi connectivity index (χ1) is 11.1. The first-order valence-electron chi connectivity index (χ1n) is 6.98. The fraction of sp³-hybridized carbons (Fsp3) is 0.125. The van der Waals surface area contributed by atoms with Crippen LogP contribution in [0.5, 0.6) is 0 Å². The molecule has 0 saturated carbocycles. The Balaban J connectivity index is 1.73. The molecule has 0 saturated heterocycles. The predicted molar refractivity (Wildman–Crippen MR) is 89.2 cm³/mol. The maximum Gasteiger partial charge on any atom is 0.273 e. The molecule has 0 unspecified atom stereocenters. The zero-order valence-electron chi connectivity index (χ0n) is 12.4. The van der Waals surface area contributed by atoms with E-state index in [0.29, 0.717) is 22.3 Å². The van der Waals surface area contributed by atoms with Gasteiger partial charge < -0.3 is 0 Å². The van der Waals surface area contributed by atoms with Crippen LogP contribution in [0.15, 0.2) is 53.7 Å². The van der Waals surface area contributed by atoms with Crippen molar-refractivity contribution in [2.24, 2.45) is 0 Å². The van der Waals surface area contributed by atoms with Crippen molar-refractivity contribution in [3.8, 4) is 11.4 Å². The molecule has 0 bridgehead atoms. The maximum atomic E-state index is 11.0. The summed E-state index contributed by atoms with van der Waals surface area (Å²) in [4.78, 5) is 15.1. The lowest BCUT2D eigenvalue weighted by Gasteiger charge is -2.00. The van der Waals surface area contributed by atoms with E-state index in [1.165, 1.54) is 23.4 Å². The van der Waals surface area contributed by atoms with E-state index < -0.39 is 0 Å². The van der Waals surface area contributed by atoms with Crippen LogP contribution in [0.4, 0.5) is 5.69 Å². The Kier molecular flexibility index (Phi) is 4.38. The van der Waals surface area contributed by atoms with Gasteiger partial charge in [-0.25, -0.2) is 4.98 Å². The molecule has 0 aliphatic carbocycles. The molecule has 23 heavy (non-hydrogen) atoms. The third kappa shape index (κ3) is 3.57. The van der Waals surface area contributed by atoms with E-state index in [1.54, 1.807) is 18.2 Å². The van der Waals surface area contributed by atoms with Crippen molar-refractivity contribution >= 4 is 17.4 Å². The molecule has 1 heterocycles. The zero-order valence-corrected chi connectivity index (χ0v) is 13.2. The fourth-order valence-electron chi connectivity index (χ4n) is 2.10. The highest BCUT2D eigenvalue weighted by molar-refractivity contribution is 7.98. The van der Waals surface area contributed by atoms with Crippen molar-refractivity contribution in [2.45, 2.75) is 17.8 Å². The van der Waals surface area contributed by atoms with Gasteiger partial charge in [-0.15, -0.1) is 5.10 Å². The number of aryl methyl sites for hydroxylation is 1. The molecule has 0 atom stereocenters. The van der Waals surface area contributed by atoms with Gasteiger partial charge in [-0.1, -0.05) is 59.8 Å². The van der Waals surface area contributed by atoms with Crippen LogP contribution in [0.25, 0.3) is 11.4 Å². The minimum Gasteiger partial charge on any atom is -0.258 e. The second kappa shape index (κ2) is 6.62. The van der Waals surface area contributed by atoms with Gasteiger partial charge in [0.05, 0.1) is 4.92 Å². The summed E-state index contributed by atoms with van der Waals surface area (Å²) in [6.45, 7) is 2.03. The summed E-state index contributed by atoms with van der Waals surface area (Å²) in [5.41, 5.74) is 2.92. The summed E-state index contributed by atoms with van der Waals surface area (Å²) in [6.07, 6.45) is 0. The minimum atomic E-state index is -0.369. The average Bonchev–Trinajstić information content (AvgIpc) is 3.03. The monoisotopic (exact) mass is 326 g/mol. The number of rotatable bonds is 5. The molecule has 0 amide bonds. The van der Waals surface area contributed by atoms with Gasteiger partial charge in [0.2, 0.25) is 5.16 Å². The maximum absolute atomic E-state index is 11.0. The summed E-state index contributed by atoms with van der Waals surface area (Å²) in [5, 5.41) is 18.6. The van der Waals surface area contributed by atoms with E-state index in [4.69, 9.17) is 0 Å². The molecule has 7 heteroatoms. The van der Waals surface area contributed by atoms with Crippen LogP contribution in [0.3, 0.4) is 0 Å². The molecule has 0 aliphatic heterocycles. The van der Waals surface area contributed by atoms with Crippen LogP contribution < -0.4 is 0 Å². The van der Waals surface area contributed by atoms with Crippen LogP contribution in [0, 0.1) is 17.0 Å². The van der Waals surface area contributed by atoms with Gasteiger partial charge in [0, 0.05) is 22.9 Å². The van der Waals surface area contributed by atoms with E-state index in [-0.39, 0.29) is 10.6 Å². The second-order valence-electron chi connectivity index (χ2n) is 5.01. The lowest BCUT2D eigenvalue weighted by molar-refractivity contribution is -0.385. The molecular weight excluding hydrogens is 312 g/mol. The number of benzene rings is 2. The third-order valence-corrected chi connectivity index (χ3v) is 4.23. The Morgan fingerprint density at radius 1 is 1.17 bits per heavy atom. The number of para-hydroxylation sites is 1. The summed E-state index contributed by atoms with van der Waals surface area (Å²) >= 11 is 1.37. The van der Waals surface area contributed by atoms with Crippen LogP contribution >= 0.6 is 11.8 Å². The van der Waals surface area contributed by atoms with Crippen LogP contribution in [0.2, 0.25) is 0 Å². The Morgan fingerprint density at radius 3 is 2.65 bits per heavy atom. The predicted octanol–water partition coefficient (Wildman–Crippen LogP) is 3.98. The molecule has 0 fully saturated rings. The topological polar surface area (TPSA) is 84.7 Å². The summed E-state index contributed by atoms with van der Waals surface area (Å²) < 4.78 is 0. The van der Waals surface area contributed by atoms with E-state index in [9.17, 15) is 10.1 Å². The van der Waals surface area contributed by atoms with Gasteiger partial charge in [0.15, 0.2) is 5.82 Å². The number of hydrogen-bond acceptors (Lipinski definition) is 5. The van der Waals surface area contributed by atoms with Gasteiger partial charge in [-0.05, 0) is 6.92 Å². The van der Waals surface area contributed by atoms with Crippen LogP contribution in [-0.4, -0.2) is 20.1 Å². The lowest BCUT2D eigenvalue weighted by atomic mass is 10.1. The van der Waals surface area contributed by atoms with E-state index >= 15 is 0 Å². The average molecular weight is 326 g/mol. The van der Waals surface area contributed by atoms with Gasteiger partial charge in [-0.2, -0.15) is 0 Å². The zero-order chi connectivity index (χ0) is 16.2. The van der Waals surface area contributed by atoms with E-state index in [1.807, 2.05) is 31.2 Å². The summed E-state index contributed by atoms with van der Waals surface area (Å²) in [5.74, 6) is 1.14. The van der Waals surface area contributed by atoms with E-state index in [2.05, 4.69) is 15.2 Å². The number of thioether (sulfide) groups is 1. The van der Waals surface area contributed by atoms with Crippen molar-refractivity contribution in [3.63, 3.8) is 0 Å². The quantitative estimate of drug-likeness (QED) is 0.435. The smallest absolute Gasteiger partial charge is 0.258 e. The van der Waals surface area contributed by atoms with Gasteiger partial charge in [-0.3, -0.25) is 15.2 Å². The highest BCUT2D eigenvalue weighted by Crippen LogP contribution is 2.27. The van der Waals surface area contributed by atoms with Gasteiger partial charge in [0.1, 0.15) is 0 Å². The number of nitro benzene ring substituents is 1. The summed E-state index contributed by atoms with van der Waals surface area (Å²) in [7, 11) is 0. The van der Waals surface area contributed by atoms with Crippen LogP contribution in [0.1, 0.15) is 11.1 Å². The first kappa shape index (κ1) is 15.2.